The zero-order chi connectivity index (χ0) is 17.1. The SMILES string of the molecule is Cn1c(=O)oc2ccc(CCNC(=O)c3cccc(C#N)c3)cc21. The van der Waals surface area contributed by atoms with Crippen LogP contribution in [0.3, 0.4) is 0 Å². The first-order valence-electron chi connectivity index (χ1n) is 7.45. The lowest BCUT2D eigenvalue weighted by atomic mass is 10.1. The number of benzene rings is 2. The van der Waals surface area contributed by atoms with Gasteiger partial charge in [-0.25, -0.2) is 4.79 Å². The predicted molar refractivity (Wildman–Crippen MR) is 88.6 cm³/mol. The summed E-state index contributed by atoms with van der Waals surface area (Å²) in [6.07, 6.45) is 0.624. The number of aryl methyl sites for hydroxylation is 1. The Balaban J connectivity index is 1.66. The van der Waals surface area contributed by atoms with Gasteiger partial charge in [-0.1, -0.05) is 12.1 Å². The molecule has 3 rings (SSSR count). The minimum absolute atomic E-state index is 0.219. The van der Waals surface area contributed by atoms with Crippen molar-refractivity contribution in [3.63, 3.8) is 0 Å². The molecule has 6 nitrogen and oxygen atoms in total. The van der Waals surface area contributed by atoms with Crippen molar-refractivity contribution >= 4 is 17.0 Å². The van der Waals surface area contributed by atoms with Crippen molar-refractivity contribution in [3.05, 3.63) is 69.7 Å². The van der Waals surface area contributed by atoms with Gasteiger partial charge < -0.3 is 9.73 Å². The largest absolute Gasteiger partial charge is 0.419 e. The Morgan fingerprint density at radius 2 is 2.12 bits per heavy atom. The van der Waals surface area contributed by atoms with E-state index in [1.54, 1.807) is 37.4 Å². The van der Waals surface area contributed by atoms with E-state index in [2.05, 4.69) is 5.32 Å². The summed E-state index contributed by atoms with van der Waals surface area (Å²) in [5.41, 5.74) is 3.18. The quantitative estimate of drug-likeness (QED) is 0.796. The molecule has 0 saturated heterocycles. The molecule has 0 saturated carbocycles. The van der Waals surface area contributed by atoms with Crippen LogP contribution in [0.2, 0.25) is 0 Å². The lowest BCUT2D eigenvalue weighted by Gasteiger charge is -2.06. The molecule has 0 aliphatic carbocycles. The molecule has 0 bridgehead atoms. The Morgan fingerprint density at radius 1 is 1.29 bits per heavy atom. The van der Waals surface area contributed by atoms with E-state index in [0.717, 1.165) is 11.1 Å². The minimum atomic E-state index is -0.396. The normalized spacial score (nSPS) is 10.5. The first-order valence-corrected chi connectivity index (χ1v) is 7.45. The van der Waals surface area contributed by atoms with Crippen molar-refractivity contribution < 1.29 is 9.21 Å². The molecule has 1 amide bonds. The van der Waals surface area contributed by atoms with E-state index in [1.807, 2.05) is 18.2 Å². The third-order valence-corrected chi connectivity index (χ3v) is 3.81. The van der Waals surface area contributed by atoms with Crippen molar-refractivity contribution in [2.24, 2.45) is 7.05 Å². The fourth-order valence-electron chi connectivity index (χ4n) is 2.48. The topological polar surface area (TPSA) is 88.0 Å². The number of carbonyl (C=O) groups excluding carboxylic acids is 1. The maximum atomic E-state index is 12.1. The molecule has 120 valence electrons. The molecule has 0 radical (unpaired) electrons. The van der Waals surface area contributed by atoms with Gasteiger partial charge in [-0.2, -0.15) is 5.26 Å². The highest BCUT2D eigenvalue weighted by atomic mass is 16.4. The van der Waals surface area contributed by atoms with Gasteiger partial charge in [0, 0.05) is 19.2 Å². The van der Waals surface area contributed by atoms with Crippen LogP contribution in [0.15, 0.2) is 51.7 Å². The number of oxazole rings is 1. The first kappa shape index (κ1) is 15.6. The number of rotatable bonds is 4. The number of carbonyl (C=O) groups is 1. The predicted octanol–water partition coefficient (Wildman–Crippen LogP) is 1.98. The zero-order valence-electron chi connectivity index (χ0n) is 13.1. The Hall–Kier alpha value is -3.33. The molecule has 0 aliphatic rings. The summed E-state index contributed by atoms with van der Waals surface area (Å²) in [5, 5.41) is 11.7. The lowest BCUT2D eigenvalue weighted by Crippen LogP contribution is -2.25. The molecule has 2 aromatic carbocycles. The van der Waals surface area contributed by atoms with Gasteiger partial charge in [-0.05, 0) is 42.3 Å². The Labute approximate surface area is 137 Å². The van der Waals surface area contributed by atoms with Crippen LogP contribution in [0, 0.1) is 11.3 Å². The standard InChI is InChI=1S/C18H15N3O3/c1-21-15-10-12(5-6-16(15)24-18(21)23)7-8-20-17(22)14-4-2-3-13(9-14)11-19/h2-6,9-10H,7-8H2,1H3,(H,20,22). The molecule has 1 heterocycles. The van der Waals surface area contributed by atoms with Gasteiger partial charge in [-0.3, -0.25) is 9.36 Å². The molecule has 24 heavy (non-hydrogen) atoms. The molecule has 1 N–H and O–H groups in total. The number of aromatic nitrogens is 1. The van der Waals surface area contributed by atoms with Crippen LogP contribution in [-0.4, -0.2) is 17.0 Å². The smallest absolute Gasteiger partial charge is 0.408 e. The van der Waals surface area contributed by atoms with E-state index in [1.165, 1.54) is 4.57 Å². The highest BCUT2D eigenvalue weighted by Crippen LogP contribution is 2.14. The molecule has 0 atom stereocenters. The first-order chi connectivity index (χ1) is 11.6. The van der Waals surface area contributed by atoms with Crippen LogP contribution in [0.4, 0.5) is 0 Å². The van der Waals surface area contributed by atoms with E-state index in [-0.39, 0.29) is 5.91 Å². The lowest BCUT2D eigenvalue weighted by molar-refractivity contribution is 0.0954. The highest BCUT2D eigenvalue weighted by molar-refractivity contribution is 5.94. The van der Waals surface area contributed by atoms with E-state index >= 15 is 0 Å². The number of fused-ring (bicyclic) bond motifs is 1. The van der Waals surface area contributed by atoms with Gasteiger partial charge in [0.15, 0.2) is 5.58 Å². The molecular weight excluding hydrogens is 306 g/mol. The summed E-state index contributed by atoms with van der Waals surface area (Å²) < 4.78 is 6.54. The maximum Gasteiger partial charge on any atom is 0.419 e. The number of nitriles is 1. The Bertz CT molecular complexity index is 1010. The second kappa shape index (κ2) is 6.42. The molecule has 0 spiro atoms. The Kier molecular flexibility index (Phi) is 4.17. The summed E-state index contributed by atoms with van der Waals surface area (Å²) >= 11 is 0. The summed E-state index contributed by atoms with van der Waals surface area (Å²) in [6.45, 7) is 0.451. The average molecular weight is 321 g/mol. The highest BCUT2D eigenvalue weighted by Gasteiger charge is 2.08. The molecule has 3 aromatic rings. The van der Waals surface area contributed by atoms with Crippen LogP contribution < -0.4 is 11.1 Å². The second-order valence-corrected chi connectivity index (χ2v) is 5.43. The molecule has 6 heteroatoms. The van der Waals surface area contributed by atoms with Crippen LogP contribution in [0.5, 0.6) is 0 Å². The summed E-state index contributed by atoms with van der Waals surface area (Å²) in [4.78, 5) is 23.6. The monoisotopic (exact) mass is 321 g/mol. The molecule has 1 aromatic heterocycles. The van der Waals surface area contributed by atoms with Crippen molar-refractivity contribution in [2.75, 3.05) is 6.54 Å². The third-order valence-electron chi connectivity index (χ3n) is 3.81. The summed E-state index contributed by atoms with van der Waals surface area (Å²) in [7, 11) is 1.65. The Morgan fingerprint density at radius 3 is 2.92 bits per heavy atom. The van der Waals surface area contributed by atoms with Crippen molar-refractivity contribution in [1.82, 2.24) is 9.88 Å². The van der Waals surface area contributed by atoms with Gasteiger partial charge >= 0.3 is 5.76 Å². The van der Waals surface area contributed by atoms with E-state index in [0.29, 0.717) is 29.7 Å². The van der Waals surface area contributed by atoms with E-state index in [4.69, 9.17) is 9.68 Å². The number of hydrogen-bond donors (Lipinski definition) is 1. The van der Waals surface area contributed by atoms with Gasteiger partial charge in [0.1, 0.15) is 0 Å². The fourth-order valence-corrected chi connectivity index (χ4v) is 2.48. The number of hydrogen-bond acceptors (Lipinski definition) is 4. The maximum absolute atomic E-state index is 12.1. The van der Waals surface area contributed by atoms with E-state index < -0.39 is 5.76 Å². The minimum Gasteiger partial charge on any atom is -0.408 e. The number of nitrogens with one attached hydrogen (secondary N) is 1. The van der Waals surface area contributed by atoms with Crippen LogP contribution in [0.25, 0.3) is 11.1 Å². The van der Waals surface area contributed by atoms with Gasteiger partial charge in [0.2, 0.25) is 0 Å². The third kappa shape index (κ3) is 3.06. The molecule has 0 fully saturated rings. The van der Waals surface area contributed by atoms with Crippen LogP contribution in [0.1, 0.15) is 21.5 Å². The fraction of sp³-hybridized carbons (Fsp3) is 0.167. The number of amides is 1. The summed E-state index contributed by atoms with van der Waals surface area (Å²) in [6, 6.07) is 14.1. The average Bonchev–Trinajstić information content (AvgIpc) is 2.89. The molecule has 0 unspecified atom stereocenters. The van der Waals surface area contributed by atoms with Crippen molar-refractivity contribution in [2.45, 2.75) is 6.42 Å². The molecular formula is C18H15N3O3. The van der Waals surface area contributed by atoms with E-state index in [9.17, 15) is 9.59 Å². The van der Waals surface area contributed by atoms with Crippen molar-refractivity contribution in [3.8, 4) is 6.07 Å². The van der Waals surface area contributed by atoms with Gasteiger partial charge in [0.25, 0.3) is 5.91 Å². The summed E-state index contributed by atoms with van der Waals surface area (Å²) in [5.74, 6) is -0.614. The number of nitrogens with zero attached hydrogens (tertiary/aromatic N) is 2. The van der Waals surface area contributed by atoms with Crippen LogP contribution in [-0.2, 0) is 13.5 Å². The second-order valence-electron chi connectivity index (χ2n) is 5.43. The zero-order valence-corrected chi connectivity index (χ0v) is 13.1. The van der Waals surface area contributed by atoms with Crippen molar-refractivity contribution in [1.29, 1.82) is 5.26 Å². The molecule has 0 aliphatic heterocycles. The van der Waals surface area contributed by atoms with Gasteiger partial charge in [-0.15, -0.1) is 0 Å². The van der Waals surface area contributed by atoms with Crippen LogP contribution >= 0.6 is 0 Å². The van der Waals surface area contributed by atoms with Gasteiger partial charge in [0.05, 0.1) is 17.1 Å².